The van der Waals surface area contributed by atoms with Crippen LogP contribution in [0.4, 0.5) is 0 Å². The van der Waals surface area contributed by atoms with Gasteiger partial charge >= 0.3 is 0 Å². The van der Waals surface area contributed by atoms with E-state index in [-0.39, 0.29) is 24.5 Å². The van der Waals surface area contributed by atoms with Gasteiger partial charge in [-0.25, -0.2) is 0 Å². The number of halogens is 1. The van der Waals surface area contributed by atoms with Crippen LogP contribution in [0.3, 0.4) is 0 Å². The van der Waals surface area contributed by atoms with E-state index in [1.165, 1.54) is 11.8 Å². The van der Waals surface area contributed by atoms with Crippen LogP contribution in [0, 0.1) is 22.7 Å². The SMILES string of the molecule is N#CCCN(CCC#N)C(=O)CSc1cccc(Cl)c1. The van der Waals surface area contributed by atoms with Crippen molar-refractivity contribution in [1.82, 2.24) is 4.90 Å². The molecule has 1 aromatic rings. The zero-order chi connectivity index (χ0) is 14.8. The van der Waals surface area contributed by atoms with Gasteiger partial charge < -0.3 is 4.90 Å². The van der Waals surface area contributed by atoms with Crippen molar-refractivity contribution in [3.63, 3.8) is 0 Å². The number of amides is 1. The number of hydrogen-bond donors (Lipinski definition) is 0. The maximum absolute atomic E-state index is 12.1. The molecule has 0 saturated heterocycles. The molecule has 0 N–H and O–H groups in total. The molecule has 0 aromatic heterocycles. The normalized spacial score (nSPS) is 9.55. The summed E-state index contributed by atoms with van der Waals surface area (Å²) in [7, 11) is 0. The number of nitrogens with zero attached hydrogens (tertiary/aromatic N) is 3. The monoisotopic (exact) mass is 307 g/mol. The molecule has 0 fully saturated rings. The molecule has 0 saturated carbocycles. The van der Waals surface area contributed by atoms with E-state index in [0.717, 1.165) is 4.90 Å². The summed E-state index contributed by atoms with van der Waals surface area (Å²) in [6.45, 7) is 0.736. The molecule has 1 aromatic carbocycles. The summed E-state index contributed by atoms with van der Waals surface area (Å²) in [4.78, 5) is 14.5. The molecule has 0 heterocycles. The maximum Gasteiger partial charge on any atom is 0.232 e. The predicted molar refractivity (Wildman–Crippen MR) is 79.2 cm³/mol. The number of carbonyl (C=O) groups is 1. The van der Waals surface area contributed by atoms with Gasteiger partial charge in [-0.2, -0.15) is 10.5 Å². The maximum atomic E-state index is 12.1. The average molecular weight is 308 g/mol. The van der Waals surface area contributed by atoms with E-state index < -0.39 is 0 Å². The smallest absolute Gasteiger partial charge is 0.232 e. The summed E-state index contributed by atoms with van der Waals surface area (Å²) in [6, 6.07) is 11.3. The lowest BCUT2D eigenvalue weighted by molar-refractivity contribution is -0.128. The molecule has 1 amide bonds. The van der Waals surface area contributed by atoms with Gasteiger partial charge in [0.2, 0.25) is 5.91 Å². The molecular formula is C14H14ClN3OS. The van der Waals surface area contributed by atoms with Gasteiger partial charge in [-0.1, -0.05) is 17.7 Å². The first kappa shape index (κ1) is 16.4. The second kappa shape index (κ2) is 9.25. The Hall–Kier alpha value is -1.69. The number of carbonyl (C=O) groups excluding carboxylic acids is 1. The average Bonchev–Trinajstić information content (AvgIpc) is 2.45. The van der Waals surface area contributed by atoms with Crippen LogP contribution in [-0.2, 0) is 4.79 Å². The van der Waals surface area contributed by atoms with E-state index in [2.05, 4.69) is 0 Å². The molecule has 0 aliphatic rings. The van der Waals surface area contributed by atoms with Crippen molar-refractivity contribution in [2.75, 3.05) is 18.8 Å². The fourth-order valence-electron chi connectivity index (χ4n) is 1.52. The van der Waals surface area contributed by atoms with Gasteiger partial charge in [0.15, 0.2) is 0 Å². The number of hydrogen-bond acceptors (Lipinski definition) is 4. The molecule has 0 atom stereocenters. The summed E-state index contributed by atoms with van der Waals surface area (Å²) < 4.78 is 0. The highest BCUT2D eigenvalue weighted by molar-refractivity contribution is 8.00. The van der Waals surface area contributed by atoms with Crippen molar-refractivity contribution in [2.24, 2.45) is 0 Å². The third-order valence-electron chi connectivity index (χ3n) is 2.50. The first-order valence-electron chi connectivity index (χ1n) is 6.07. The van der Waals surface area contributed by atoms with Crippen molar-refractivity contribution in [3.05, 3.63) is 29.3 Å². The Morgan fingerprint density at radius 3 is 2.45 bits per heavy atom. The van der Waals surface area contributed by atoms with Gasteiger partial charge in [0.25, 0.3) is 0 Å². The van der Waals surface area contributed by atoms with Gasteiger partial charge in [0.1, 0.15) is 0 Å². The van der Waals surface area contributed by atoms with Crippen molar-refractivity contribution < 1.29 is 4.79 Å². The molecule has 0 unspecified atom stereocenters. The number of nitriles is 2. The van der Waals surface area contributed by atoms with Crippen molar-refractivity contribution >= 4 is 29.3 Å². The standard InChI is InChI=1S/C14H14ClN3OS/c15-12-4-1-5-13(10-12)20-11-14(19)18(8-2-6-16)9-3-7-17/h1,4-5,10H,2-3,8-9,11H2. The lowest BCUT2D eigenvalue weighted by Crippen LogP contribution is -2.34. The highest BCUT2D eigenvalue weighted by atomic mass is 35.5. The first-order valence-corrected chi connectivity index (χ1v) is 7.43. The van der Waals surface area contributed by atoms with Crippen LogP contribution in [0.2, 0.25) is 5.02 Å². The summed E-state index contributed by atoms with van der Waals surface area (Å²) >= 11 is 7.28. The van der Waals surface area contributed by atoms with Gasteiger partial charge in [0.05, 0.1) is 30.7 Å². The number of rotatable bonds is 7. The predicted octanol–water partition coefficient (Wildman–Crippen LogP) is 3.09. The summed E-state index contributed by atoms with van der Waals surface area (Å²) in [5.74, 6) is 0.206. The zero-order valence-corrected chi connectivity index (χ0v) is 12.5. The van der Waals surface area contributed by atoms with Crippen molar-refractivity contribution in [3.8, 4) is 12.1 Å². The van der Waals surface area contributed by atoms with E-state index >= 15 is 0 Å². The second-order valence-corrected chi connectivity index (χ2v) is 5.43. The van der Waals surface area contributed by atoms with Gasteiger partial charge in [-0.3, -0.25) is 4.79 Å². The summed E-state index contributed by atoms with van der Waals surface area (Å²) in [5, 5.41) is 17.8. The molecule has 0 aliphatic carbocycles. The van der Waals surface area contributed by atoms with Crippen molar-refractivity contribution in [1.29, 1.82) is 10.5 Å². The molecule has 4 nitrogen and oxygen atoms in total. The molecule has 0 bridgehead atoms. The summed E-state index contributed by atoms with van der Waals surface area (Å²) in [6.07, 6.45) is 0.554. The highest BCUT2D eigenvalue weighted by Crippen LogP contribution is 2.21. The van der Waals surface area contributed by atoms with Crippen LogP contribution < -0.4 is 0 Å². The fourth-order valence-corrected chi connectivity index (χ4v) is 2.64. The third-order valence-corrected chi connectivity index (χ3v) is 3.71. The Morgan fingerprint density at radius 1 is 1.25 bits per heavy atom. The molecule has 20 heavy (non-hydrogen) atoms. The van der Waals surface area contributed by atoms with Gasteiger partial charge in [0, 0.05) is 23.0 Å². The lowest BCUT2D eigenvalue weighted by atomic mass is 10.3. The lowest BCUT2D eigenvalue weighted by Gasteiger charge is -2.20. The number of thioether (sulfide) groups is 1. The van der Waals surface area contributed by atoms with E-state index in [4.69, 9.17) is 22.1 Å². The molecule has 0 radical (unpaired) electrons. The molecular weight excluding hydrogens is 294 g/mol. The quantitative estimate of drug-likeness (QED) is 0.726. The Morgan fingerprint density at radius 2 is 1.90 bits per heavy atom. The van der Waals surface area contributed by atoms with Crippen molar-refractivity contribution in [2.45, 2.75) is 17.7 Å². The van der Waals surface area contributed by atoms with E-state index in [0.29, 0.717) is 18.1 Å². The summed E-state index contributed by atoms with van der Waals surface area (Å²) in [5.41, 5.74) is 0. The van der Waals surface area contributed by atoms with Crippen LogP contribution in [0.15, 0.2) is 29.2 Å². The Kier molecular flexibility index (Phi) is 7.57. The van der Waals surface area contributed by atoms with Gasteiger partial charge in [-0.05, 0) is 18.2 Å². The number of benzene rings is 1. The largest absolute Gasteiger partial charge is 0.340 e. The van der Waals surface area contributed by atoms with Crippen LogP contribution in [0.1, 0.15) is 12.8 Å². The van der Waals surface area contributed by atoms with E-state index in [9.17, 15) is 4.79 Å². The zero-order valence-electron chi connectivity index (χ0n) is 10.9. The molecule has 104 valence electrons. The Labute approximate surface area is 127 Å². The van der Waals surface area contributed by atoms with Crippen LogP contribution in [0.25, 0.3) is 0 Å². The topological polar surface area (TPSA) is 67.9 Å². The fraction of sp³-hybridized carbons (Fsp3) is 0.357. The minimum atomic E-state index is -0.0690. The van der Waals surface area contributed by atoms with Gasteiger partial charge in [-0.15, -0.1) is 11.8 Å². The molecule has 1 rings (SSSR count). The highest BCUT2D eigenvalue weighted by Gasteiger charge is 2.13. The Bertz CT molecular complexity index is 518. The van der Waals surface area contributed by atoms with Crippen LogP contribution in [-0.4, -0.2) is 29.6 Å². The first-order chi connectivity index (χ1) is 9.67. The minimum absolute atomic E-state index is 0.0690. The second-order valence-electron chi connectivity index (χ2n) is 3.94. The van der Waals surface area contributed by atoms with Crippen LogP contribution in [0.5, 0.6) is 0 Å². The minimum Gasteiger partial charge on any atom is -0.340 e. The van der Waals surface area contributed by atoms with E-state index in [1.54, 1.807) is 17.0 Å². The third kappa shape index (κ3) is 5.97. The Balaban J connectivity index is 2.53. The molecule has 0 aliphatic heterocycles. The van der Waals surface area contributed by atoms with E-state index in [1.807, 2.05) is 24.3 Å². The molecule has 0 spiro atoms. The van der Waals surface area contributed by atoms with Crippen LogP contribution >= 0.6 is 23.4 Å². The molecule has 6 heteroatoms.